The number of nitro benzene ring substituents is 1. The highest BCUT2D eigenvalue weighted by molar-refractivity contribution is 7.09. The van der Waals surface area contributed by atoms with Gasteiger partial charge in [0.25, 0.3) is 5.69 Å². The van der Waals surface area contributed by atoms with Crippen molar-refractivity contribution in [1.29, 1.82) is 0 Å². The number of carbonyl (C=O) groups is 1. The zero-order valence-corrected chi connectivity index (χ0v) is 16.3. The summed E-state index contributed by atoms with van der Waals surface area (Å²) in [7, 11) is 0. The zero-order valence-electron chi connectivity index (χ0n) is 15.5. The quantitative estimate of drug-likeness (QED) is 0.470. The first-order chi connectivity index (χ1) is 13.4. The smallest absolute Gasteiger partial charge is 0.272 e. The molecule has 3 rings (SSSR count). The number of aryl methyl sites for hydroxylation is 2. The average molecular weight is 397 g/mol. The van der Waals surface area contributed by atoms with Gasteiger partial charge in [0, 0.05) is 22.7 Å². The fourth-order valence-electron chi connectivity index (χ4n) is 2.56. The van der Waals surface area contributed by atoms with E-state index in [4.69, 9.17) is 4.74 Å². The molecule has 144 valence electrons. The summed E-state index contributed by atoms with van der Waals surface area (Å²) in [4.78, 5) is 27.0. The lowest BCUT2D eigenvalue weighted by atomic mass is 10.2. The molecular formula is C20H19N3O4S. The van der Waals surface area contributed by atoms with Crippen LogP contribution in [0.25, 0.3) is 0 Å². The molecule has 0 radical (unpaired) electrons. The zero-order chi connectivity index (χ0) is 20.1. The number of hydrogen-bond acceptors (Lipinski definition) is 6. The molecule has 0 aliphatic heterocycles. The van der Waals surface area contributed by atoms with Gasteiger partial charge in [0.05, 0.1) is 17.0 Å². The number of thiazole rings is 1. The number of aromatic nitrogens is 1. The fourth-order valence-corrected chi connectivity index (χ4v) is 3.33. The summed E-state index contributed by atoms with van der Waals surface area (Å²) >= 11 is 1.39. The summed E-state index contributed by atoms with van der Waals surface area (Å²) in [5.74, 6) is 0.409. The lowest BCUT2D eigenvalue weighted by molar-refractivity contribution is -0.385. The van der Waals surface area contributed by atoms with Gasteiger partial charge in [-0.2, -0.15) is 0 Å². The minimum absolute atomic E-state index is 0.0582. The van der Waals surface area contributed by atoms with Gasteiger partial charge in [0.1, 0.15) is 17.4 Å². The number of benzene rings is 2. The standard InChI is InChI=1S/C20H19N3O4S/c1-13-3-5-15(6-4-13)21-19(24)10-20-22-16(12-28-20)11-27-17-7-8-18(23(25)26)14(2)9-17/h3-9,12H,10-11H2,1-2H3,(H,21,24). The summed E-state index contributed by atoms with van der Waals surface area (Å²) < 4.78 is 5.65. The third kappa shape index (κ3) is 5.14. The molecule has 7 nitrogen and oxygen atoms in total. The van der Waals surface area contributed by atoms with Crippen LogP contribution < -0.4 is 10.1 Å². The Morgan fingerprint density at radius 3 is 2.64 bits per heavy atom. The van der Waals surface area contributed by atoms with E-state index in [1.807, 2.05) is 36.6 Å². The van der Waals surface area contributed by atoms with Crippen LogP contribution in [0, 0.1) is 24.0 Å². The van der Waals surface area contributed by atoms with Crippen LogP contribution in [0.3, 0.4) is 0 Å². The second kappa shape index (κ2) is 8.62. The Balaban J connectivity index is 1.54. The van der Waals surface area contributed by atoms with Crippen molar-refractivity contribution in [3.05, 3.63) is 79.8 Å². The highest BCUT2D eigenvalue weighted by Gasteiger charge is 2.12. The SMILES string of the molecule is Cc1ccc(NC(=O)Cc2nc(COc3ccc([N+](=O)[O-])c(C)c3)cs2)cc1. The Hall–Kier alpha value is -3.26. The molecule has 0 unspecified atom stereocenters. The molecule has 1 heterocycles. The third-order valence-corrected chi connectivity index (χ3v) is 4.90. The molecule has 0 saturated heterocycles. The molecule has 0 atom stereocenters. The molecule has 0 aliphatic carbocycles. The largest absolute Gasteiger partial charge is 0.487 e. The highest BCUT2D eigenvalue weighted by atomic mass is 32.1. The molecule has 8 heteroatoms. The van der Waals surface area contributed by atoms with Crippen molar-refractivity contribution < 1.29 is 14.5 Å². The Bertz CT molecular complexity index is 999. The van der Waals surface area contributed by atoms with Crippen LogP contribution in [-0.4, -0.2) is 15.8 Å². The molecule has 1 aromatic heterocycles. The molecular weight excluding hydrogens is 378 g/mol. The second-order valence-electron chi connectivity index (χ2n) is 6.32. The maximum atomic E-state index is 12.1. The van der Waals surface area contributed by atoms with E-state index in [9.17, 15) is 14.9 Å². The number of ether oxygens (including phenoxy) is 1. The predicted molar refractivity (Wildman–Crippen MR) is 108 cm³/mol. The Morgan fingerprint density at radius 2 is 1.96 bits per heavy atom. The number of amides is 1. The summed E-state index contributed by atoms with van der Waals surface area (Å²) in [6.07, 6.45) is 0.190. The normalized spacial score (nSPS) is 10.5. The van der Waals surface area contributed by atoms with Gasteiger partial charge in [-0.05, 0) is 38.1 Å². The van der Waals surface area contributed by atoms with Gasteiger partial charge in [-0.1, -0.05) is 17.7 Å². The lowest BCUT2D eigenvalue weighted by Crippen LogP contribution is -2.14. The Kier molecular flexibility index (Phi) is 6.00. The van der Waals surface area contributed by atoms with Crippen LogP contribution in [0.15, 0.2) is 47.8 Å². The fraction of sp³-hybridized carbons (Fsp3) is 0.200. The van der Waals surface area contributed by atoms with E-state index in [-0.39, 0.29) is 24.6 Å². The molecule has 28 heavy (non-hydrogen) atoms. The maximum absolute atomic E-state index is 12.1. The summed E-state index contributed by atoms with van der Waals surface area (Å²) in [5, 5.41) is 16.2. The molecule has 0 spiro atoms. The van der Waals surface area contributed by atoms with Gasteiger partial charge < -0.3 is 10.1 Å². The van der Waals surface area contributed by atoms with E-state index in [0.717, 1.165) is 11.3 Å². The molecule has 1 amide bonds. The van der Waals surface area contributed by atoms with E-state index < -0.39 is 4.92 Å². The van der Waals surface area contributed by atoms with Crippen LogP contribution in [0.2, 0.25) is 0 Å². The molecule has 0 saturated carbocycles. The lowest BCUT2D eigenvalue weighted by Gasteiger charge is -2.05. The summed E-state index contributed by atoms with van der Waals surface area (Å²) in [6, 6.07) is 12.2. The van der Waals surface area contributed by atoms with Crippen LogP contribution in [0.1, 0.15) is 21.8 Å². The Labute approximate surface area is 166 Å². The first-order valence-electron chi connectivity index (χ1n) is 8.58. The minimum Gasteiger partial charge on any atom is -0.487 e. The molecule has 2 aromatic carbocycles. The molecule has 0 aliphatic rings. The van der Waals surface area contributed by atoms with Crippen molar-refractivity contribution >= 4 is 28.6 Å². The predicted octanol–water partition coefficient (Wildman–Crippen LogP) is 4.43. The van der Waals surface area contributed by atoms with E-state index in [1.165, 1.54) is 17.4 Å². The summed E-state index contributed by atoms with van der Waals surface area (Å²) in [5.41, 5.74) is 3.19. The van der Waals surface area contributed by atoms with Crippen molar-refractivity contribution in [2.24, 2.45) is 0 Å². The van der Waals surface area contributed by atoms with Gasteiger partial charge >= 0.3 is 0 Å². The number of nitro groups is 1. The van der Waals surface area contributed by atoms with E-state index >= 15 is 0 Å². The van der Waals surface area contributed by atoms with Crippen molar-refractivity contribution in [1.82, 2.24) is 4.98 Å². The number of nitrogens with one attached hydrogen (secondary N) is 1. The van der Waals surface area contributed by atoms with Crippen LogP contribution >= 0.6 is 11.3 Å². The van der Waals surface area contributed by atoms with Crippen molar-refractivity contribution in [2.75, 3.05) is 5.32 Å². The summed E-state index contributed by atoms with van der Waals surface area (Å²) in [6.45, 7) is 3.88. The monoisotopic (exact) mass is 397 g/mol. The minimum atomic E-state index is -0.423. The molecule has 3 aromatic rings. The van der Waals surface area contributed by atoms with Crippen molar-refractivity contribution in [2.45, 2.75) is 26.9 Å². The number of hydrogen-bond donors (Lipinski definition) is 1. The molecule has 0 bridgehead atoms. The molecule has 1 N–H and O–H groups in total. The van der Waals surface area contributed by atoms with Crippen molar-refractivity contribution in [3.8, 4) is 5.75 Å². The number of anilines is 1. The third-order valence-electron chi connectivity index (χ3n) is 4.00. The molecule has 0 fully saturated rings. The van der Waals surface area contributed by atoms with Gasteiger partial charge in [0.15, 0.2) is 0 Å². The van der Waals surface area contributed by atoms with E-state index in [0.29, 0.717) is 22.0 Å². The van der Waals surface area contributed by atoms with Gasteiger partial charge in [-0.3, -0.25) is 14.9 Å². The second-order valence-corrected chi connectivity index (χ2v) is 7.26. The number of nitrogens with zero attached hydrogens (tertiary/aromatic N) is 2. The van der Waals surface area contributed by atoms with Gasteiger partial charge in [0.2, 0.25) is 5.91 Å². The highest BCUT2D eigenvalue weighted by Crippen LogP contribution is 2.24. The van der Waals surface area contributed by atoms with Gasteiger partial charge in [-0.25, -0.2) is 4.98 Å². The maximum Gasteiger partial charge on any atom is 0.272 e. The van der Waals surface area contributed by atoms with E-state index in [2.05, 4.69) is 10.3 Å². The topological polar surface area (TPSA) is 94.4 Å². The van der Waals surface area contributed by atoms with Crippen LogP contribution in [0.5, 0.6) is 5.75 Å². The van der Waals surface area contributed by atoms with Gasteiger partial charge in [-0.15, -0.1) is 11.3 Å². The van der Waals surface area contributed by atoms with Crippen molar-refractivity contribution in [3.63, 3.8) is 0 Å². The number of carbonyl (C=O) groups excluding carboxylic acids is 1. The Morgan fingerprint density at radius 1 is 1.21 bits per heavy atom. The average Bonchev–Trinajstić information content (AvgIpc) is 3.09. The first kappa shape index (κ1) is 19.5. The van der Waals surface area contributed by atoms with Crippen LogP contribution in [-0.2, 0) is 17.8 Å². The number of rotatable bonds is 7. The van der Waals surface area contributed by atoms with E-state index in [1.54, 1.807) is 19.1 Å². The first-order valence-corrected chi connectivity index (χ1v) is 9.46. The van der Waals surface area contributed by atoms with Crippen LogP contribution in [0.4, 0.5) is 11.4 Å².